The number of urea groups is 1. The van der Waals surface area contributed by atoms with E-state index in [9.17, 15) is 27.6 Å². The summed E-state index contributed by atoms with van der Waals surface area (Å²) in [6.07, 6.45) is -2.76. The first-order valence-electron chi connectivity index (χ1n) is 16.4. The molecule has 1 aliphatic heterocycles. The molecule has 1 aromatic heterocycles. The normalized spacial score (nSPS) is 14.3. The number of aliphatic imine (C=N–C) groups is 1. The average molecular weight is 743 g/mol. The minimum Gasteiger partial charge on any atom is -0.459 e. The predicted molar refractivity (Wildman–Crippen MR) is 194 cm³/mol. The third-order valence-corrected chi connectivity index (χ3v) is 9.12. The van der Waals surface area contributed by atoms with Crippen LogP contribution in [0.5, 0.6) is 5.75 Å². The molecule has 1 saturated heterocycles. The van der Waals surface area contributed by atoms with Crippen molar-refractivity contribution < 1.29 is 37.0 Å². The third kappa shape index (κ3) is 9.48. The smallest absolute Gasteiger partial charge is 0.459 e. The zero-order valence-electron chi connectivity index (χ0n) is 28.5. The van der Waals surface area contributed by atoms with Gasteiger partial charge in [0.2, 0.25) is 5.91 Å². The van der Waals surface area contributed by atoms with Gasteiger partial charge in [0, 0.05) is 5.56 Å². The molecule has 2 heterocycles. The average Bonchev–Trinajstić information content (AvgIpc) is 3.76. The zero-order valence-corrected chi connectivity index (χ0v) is 29.4. The molecular weight excluding hydrogens is 710 g/mol. The summed E-state index contributed by atoms with van der Waals surface area (Å²) in [7, 11) is 0. The van der Waals surface area contributed by atoms with Gasteiger partial charge in [0.15, 0.2) is 11.0 Å². The van der Waals surface area contributed by atoms with E-state index in [1.165, 1.54) is 40.2 Å². The molecule has 1 unspecified atom stereocenters. The predicted octanol–water partition coefficient (Wildman–Crippen LogP) is 7.34. The number of aryl methyl sites for hydroxylation is 3. The van der Waals surface area contributed by atoms with Gasteiger partial charge in [-0.05, 0) is 73.2 Å². The number of carbonyl (C=O) groups excluding carboxylic acids is 3. The number of para-hydroxylation sites is 1. The lowest BCUT2D eigenvalue weighted by molar-refractivity contribution is -0.274. The number of ether oxygens (including phenoxy) is 2. The number of hydrogen-bond acceptors (Lipinski definition) is 8. The number of amidine groups is 1. The van der Waals surface area contributed by atoms with E-state index in [4.69, 9.17) is 4.74 Å². The number of nitrogens with one attached hydrogen (secondary N) is 1. The summed E-state index contributed by atoms with van der Waals surface area (Å²) in [5.41, 5.74) is 5.21. The molecule has 5 aromatic rings. The molecule has 272 valence electrons. The maximum atomic E-state index is 13.3. The Balaban J connectivity index is 1.13. The number of rotatable bonds is 11. The fourth-order valence-electron chi connectivity index (χ4n) is 5.62. The lowest BCUT2D eigenvalue weighted by Crippen LogP contribution is -2.42. The lowest BCUT2D eigenvalue weighted by Gasteiger charge is -2.21. The number of amides is 3. The molecule has 15 heteroatoms. The number of anilines is 1. The van der Waals surface area contributed by atoms with Crippen molar-refractivity contribution in [1.29, 1.82) is 0 Å². The van der Waals surface area contributed by atoms with E-state index in [1.807, 2.05) is 74.5 Å². The Bertz CT molecular complexity index is 2100. The summed E-state index contributed by atoms with van der Waals surface area (Å²) in [5.74, 6) is -0.660. The summed E-state index contributed by atoms with van der Waals surface area (Å²) in [5, 5.41) is 7.36. The molecule has 1 N–H and O–H groups in total. The SMILES string of the molecule is Cc1cccc(C)c1N1C(=O)CS/C1=N\C(=O)NC(CCc1ccc(-c2ncn(-c3ccc(OC(F)(F)F)cc3)n2)cc1)C(=O)OCc1ccccc1. The van der Waals surface area contributed by atoms with Crippen LogP contribution in [-0.4, -0.2) is 56.0 Å². The Morgan fingerprint density at radius 1 is 0.925 bits per heavy atom. The Kier molecular flexibility index (Phi) is 11.2. The first-order chi connectivity index (χ1) is 25.4. The van der Waals surface area contributed by atoms with Crippen LogP contribution in [-0.2, 0) is 27.4 Å². The molecular formula is C38H33F3N6O5S. The van der Waals surface area contributed by atoms with E-state index in [0.717, 1.165) is 34.0 Å². The van der Waals surface area contributed by atoms with Crippen molar-refractivity contribution in [1.82, 2.24) is 20.1 Å². The van der Waals surface area contributed by atoms with Gasteiger partial charge in [-0.2, -0.15) is 4.99 Å². The number of halogens is 3. The van der Waals surface area contributed by atoms with Gasteiger partial charge >= 0.3 is 18.4 Å². The number of carbonyl (C=O) groups is 3. The third-order valence-electron chi connectivity index (χ3n) is 8.19. The molecule has 0 spiro atoms. The number of thioether (sulfide) groups is 1. The highest BCUT2D eigenvalue weighted by molar-refractivity contribution is 8.15. The molecule has 53 heavy (non-hydrogen) atoms. The quantitative estimate of drug-likeness (QED) is 0.139. The van der Waals surface area contributed by atoms with Crippen LogP contribution >= 0.6 is 11.8 Å². The highest BCUT2D eigenvalue weighted by atomic mass is 32.2. The molecule has 1 atom stereocenters. The topological polar surface area (TPSA) is 128 Å². The maximum Gasteiger partial charge on any atom is 0.573 e. The van der Waals surface area contributed by atoms with Crippen LogP contribution in [0.1, 0.15) is 28.7 Å². The van der Waals surface area contributed by atoms with Crippen LogP contribution in [0.15, 0.2) is 108 Å². The maximum absolute atomic E-state index is 13.3. The lowest BCUT2D eigenvalue weighted by atomic mass is 10.0. The Morgan fingerprint density at radius 2 is 1.62 bits per heavy atom. The number of esters is 1. The van der Waals surface area contributed by atoms with Gasteiger partial charge in [-0.25, -0.2) is 19.3 Å². The Hall–Kier alpha value is -5.96. The van der Waals surface area contributed by atoms with Crippen molar-refractivity contribution in [2.24, 2.45) is 4.99 Å². The van der Waals surface area contributed by atoms with E-state index >= 15 is 0 Å². The summed E-state index contributed by atoms with van der Waals surface area (Å²) in [6, 6.07) is 25.5. The standard InChI is InChI=1S/C38H33F3N6O5S/c1-24-7-6-8-25(2)33(24)47-32(48)22-53-37(47)44-36(50)43-31(35(49)51-21-27-9-4-3-5-10-27)20-13-26-11-14-28(15-12-26)34-42-23-46(45-34)29-16-18-30(19-17-29)52-38(39,40)41/h3-12,14-19,23,31H,13,20-22H2,1-2H3,(H,43,50)/b44-37-. The van der Waals surface area contributed by atoms with Crippen molar-refractivity contribution in [3.8, 4) is 22.8 Å². The number of hydrogen-bond donors (Lipinski definition) is 1. The second kappa shape index (κ2) is 16.2. The molecule has 0 saturated carbocycles. The van der Waals surface area contributed by atoms with E-state index in [0.29, 0.717) is 29.2 Å². The van der Waals surface area contributed by atoms with Gasteiger partial charge in [-0.3, -0.25) is 9.69 Å². The van der Waals surface area contributed by atoms with E-state index in [2.05, 4.69) is 25.1 Å². The molecule has 0 aliphatic carbocycles. The van der Waals surface area contributed by atoms with Crippen molar-refractivity contribution >= 4 is 40.5 Å². The van der Waals surface area contributed by atoms with Crippen LogP contribution in [0.3, 0.4) is 0 Å². The monoisotopic (exact) mass is 742 g/mol. The van der Waals surface area contributed by atoms with Gasteiger partial charge in [0.1, 0.15) is 24.7 Å². The van der Waals surface area contributed by atoms with Crippen LogP contribution in [0.2, 0.25) is 0 Å². The van der Waals surface area contributed by atoms with E-state index < -0.39 is 24.4 Å². The van der Waals surface area contributed by atoms with Crippen molar-refractivity contribution in [3.05, 3.63) is 126 Å². The zero-order chi connectivity index (χ0) is 37.5. The minimum absolute atomic E-state index is 0.0189. The molecule has 4 aromatic carbocycles. The first kappa shape index (κ1) is 36.8. The molecule has 1 aliphatic rings. The molecule has 11 nitrogen and oxygen atoms in total. The highest BCUT2D eigenvalue weighted by Crippen LogP contribution is 2.32. The summed E-state index contributed by atoms with van der Waals surface area (Å²) < 4.78 is 48.4. The van der Waals surface area contributed by atoms with E-state index in [1.54, 1.807) is 12.1 Å². The van der Waals surface area contributed by atoms with Crippen molar-refractivity contribution in [3.63, 3.8) is 0 Å². The highest BCUT2D eigenvalue weighted by Gasteiger charge is 2.33. The van der Waals surface area contributed by atoms with E-state index in [-0.39, 0.29) is 35.6 Å². The Labute approximate surface area is 306 Å². The number of nitrogens with zero attached hydrogens (tertiary/aromatic N) is 5. The van der Waals surface area contributed by atoms with Gasteiger partial charge in [-0.15, -0.1) is 18.3 Å². The molecule has 3 amide bonds. The molecule has 6 rings (SSSR count). The number of aromatic nitrogens is 3. The van der Waals surface area contributed by atoms with Gasteiger partial charge in [0.25, 0.3) is 0 Å². The van der Waals surface area contributed by atoms with Gasteiger partial charge < -0.3 is 14.8 Å². The van der Waals surface area contributed by atoms with Crippen molar-refractivity contribution in [2.75, 3.05) is 10.7 Å². The number of benzene rings is 4. The summed E-state index contributed by atoms with van der Waals surface area (Å²) in [6.45, 7) is 3.78. The molecule has 1 fully saturated rings. The minimum atomic E-state index is -4.79. The van der Waals surface area contributed by atoms with Crippen LogP contribution < -0.4 is 15.0 Å². The Morgan fingerprint density at radius 3 is 2.30 bits per heavy atom. The molecule has 0 radical (unpaired) electrons. The fraction of sp³-hybridized carbons (Fsp3) is 0.211. The second-order valence-electron chi connectivity index (χ2n) is 12.0. The van der Waals surface area contributed by atoms with Gasteiger partial charge in [-0.1, -0.05) is 84.6 Å². The second-order valence-corrected chi connectivity index (χ2v) is 13.0. The first-order valence-corrected chi connectivity index (χ1v) is 17.4. The van der Waals surface area contributed by atoms with Crippen LogP contribution in [0.4, 0.5) is 23.7 Å². The van der Waals surface area contributed by atoms with Crippen LogP contribution in [0, 0.1) is 13.8 Å². The van der Waals surface area contributed by atoms with Gasteiger partial charge in [0.05, 0.1) is 17.1 Å². The summed E-state index contributed by atoms with van der Waals surface area (Å²) >= 11 is 1.15. The largest absolute Gasteiger partial charge is 0.573 e. The van der Waals surface area contributed by atoms with Crippen LogP contribution in [0.25, 0.3) is 17.1 Å². The molecule has 0 bridgehead atoms. The summed E-state index contributed by atoms with van der Waals surface area (Å²) in [4.78, 5) is 49.5. The fourth-order valence-corrected chi connectivity index (χ4v) is 6.47. The van der Waals surface area contributed by atoms with Crippen molar-refractivity contribution in [2.45, 2.75) is 45.7 Å². The number of alkyl halides is 3.